The SMILES string of the molecule is Cc1nc(NC(=O)c2cccc(Cl)c2)sc1-c1nc(-c2cccs2)no1. The maximum absolute atomic E-state index is 12.3. The number of nitrogens with zero attached hydrogens (tertiary/aromatic N) is 3. The Morgan fingerprint density at radius 2 is 2.12 bits per heavy atom. The van der Waals surface area contributed by atoms with Gasteiger partial charge in [0.05, 0.1) is 10.6 Å². The first-order chi connectivity index (χ1) is 12.6. The van der Waals surface area contributed by atoms with E-state index in [4.69, 9.17) is 16.1 Å². The van der Waals surface area contributed by atoms with Crippen LogP contribution in [-0.4, -0.2) is 21.0 Å². The van der Waals surface area contributed by atoms with Gasteiger partial charge in [-0.05, 0) is 36.6 Å². The number of benzene rings is 1. The van der Waals surface area contributed by atoms with Crippen LogP contribution in [0.15, 0.2) is 46.3 Å². The number of thiophene rings is 1. The monoisotopic (exact) mass is 402 g/mol. The zero-order valence-electron chi connectivity index (χ0n) is 13.4. The van der Waals surface area contributed by atoms with E-state index in [-0.39, 0.29) is 5.91 Å². The van der Waals surface area contributed by atoms with Crippen molar-refractivity contribution in [1.29, 1.82) is 0 Å². The molecule has 3 heterocycles. The van der Waals surface area contributed by atoms with Crippen LogP contribution in [-0.2, 0) is 0 Å². The molecule has 0 radical (unpaired) electrons. The minimum Gasteiger partial charge on any atom is -0.333 e. The quantitative estimate of drug-likeness (QED) is 0.511. The number of hydrogen-bond donors (Lipinski definition) is 1. The maximum atomic E-state index is 12.3. The van der Waals surface area contributed by atoms with Crippen molar-refractivity contribution in [3.63, 3.8) is 0 Å². The summed E-state index contributed by atoms with van der Waals surface area (Å²) in [5, 5.41) is 9.69. The highest BCUT2D eigenvalue weighted by molar-refractivity contribution is 7.19. The summed E-state index contributed by atoms with van der Waals surface area (Å²) >= 11 is 8.74. The fourth-order valence-corrected chi connectivity index (χ4v) is 3.99. The minimum absolute atomic E-state index is 0.280. The second-order valence-electron chi connectivity index (χ2n) is 5.30. The third-order valence-electron chi connectivity index (χ3n) is 3.47. The molecule has 4 rings (SSSR count). The highest BCUT2D eigenvalue weighted by atomic mass is 35.5. The number of aryl methyl sites for hydroxylation is 1. The summed E-state index contributed by atoms with van der Waals surface area (Å²) in [6, 6.07) is 10.6. The van der Waals surface area contributed by atoms with Crippen molar-refractivity contribution in [3.8, 4) is 21.5 Å². The third kappa shape index (κ3) is 3.39. The molecule has 0 bridgehead atoms. The van der Waals surface area contributed by atoms with Gasteiger partial charge in [-0.2, -0.15) is 4.98 Å². The molecule has 0 saturated carbocycles. The Kier molecular flexibility index (Phi) is 4.54. The van der Waals surface area contributed by atoms with Crippen molar-refractivity contribution in [1.82, 2.24) is 15.1 Å². The first-order valence-corrected chi connectivity index (χ1v) is 9.60. The second kappa shape index (κ2) is 6.99. The lowest BCUT2D eigenvalue weighted by atomic mass is 10.2. The van der Waals surface area contributed by atoms with Gasteiger partial charge >= 0.3 is 0 Å². The van der Waals surface area contributed by atoms with E-state index in [2.05, 4.69) is 20.4 Å². The highest BCUT2D eigenvalue weighted by Gasteiger charge is 2.19. The zero-order valence-corrected chi connectivity index (χ0v) is 15.8. The number of rotatable bonds is 4. The lowest BCUT2D eigenvalue weighted by Crippen LogP contribution is -2.11. The predicted octanol–water partition coefficient (Wildman–Crippen LogP) is 5.14. The molecule has 26 heavy (non-hydrogen) atoms. The topological polar surface area (TPSA) is 80.9 Å². The van der Waals surface area contributed by atoms with E-state index >= 15 is 0 Å². The molecule has 0 spiro atoms. The van der Waals surface area contributed by atoms with Crippen molar-refractivity contribution in [2.45, 2.75) is 6.92 Å². The van der Waals surface area contributed by atoms with Crippen molar-refractivity contribution < 1.29 is 9.32 Å². The molecule has 9 heteroatoms. The van der Waals surface area contributed by atoms with Gasteiger partial charge in [-0.3, -0.25) is 10.1 Å². The lowest BCUT2D eigenvalue weighted by Gasteiger charge is -2.01. The van der Waals surface area contributed by atoms with E-state index in [1.54, 1.807) is 24.3 Å². The van der Waals surface area contributed by atoms with Crippen molar-refractivity contribution in [2.24, 2.45) is 0 Å². The molecule has 0 fully saturated rings. The van der Waals surface area contributed by atoms with Crippen molar-refractivity contribution in [3.05, 3.63) is 58.1 Å². The Labute approximate surface area is 161 Å². The Bertz CT molecular complexity index is 1070. The third-order valence-corrected chi connectivity index (χ3v) is 5.63. The molecule has 1 aromatic carbocycles. The molecule has 0 unspecified atom stereocenters. The van der Waals surface area contributed by atoms with Crippen LogP contribution in [0, 0.1) is 6.92 Å². The second-order valence-corrected chi connectivity index (χ2v) is 7.68. The molecule has 3 aromatic heterocycles. The van der Waals surface area contributed by atoms with Gasteiger partial charge in [0.15, 0.2) is 5.13 Å². The van der Waals surface area contributed by atoms with Crippen LogP contribution >= 0.6 is 34.3 Å². The molecule has 6 nitrogen and oxygen atoms in total. The van der Waals surface area contributed by atoms with Gasteiger partial charge in [0.25, 0.3) is 11.8 Å². The van der Waals surface area contributed by atoms with E-state index in [0.29, 0.717) is 33.1 Å². The summed E-state index contributed by atoms with van der Waals surface area (Å²) in [5.74, 6) is 0.636. The molecule has 4 aromatic rings. The summed E-state index contributed by atoms with van der Waals surface area (Å²) in [7, 11) is 0. The molecule has 0 aliphatic rings. The highest BCUT2D eigenvalue weighted by Crippen LogP contribution is 2.33. The summed E-state index contributed by atoms with van der Waals surface area (Å²) in [5.41, 5.74) is 1.17. The van der Waals surface area contributed by atoms with Gasteiger partial charge in [-0.25, -0.2) is 4.98 Å². The molecule has 0 saturated heterocycles. The molecule has 1 amide bonds. The fourth-order valence-electron chi connectivity index (χ4n) is 2.27. The van der Waals surface area contributed by atoms with Crippen LogP contribution < -0.4 is 5.32 Å². The van der Waals surface area contributed by atoms with Crippen LogP contribution in [0.25, 0.3) is 21.5 Å². The van der Waals surface area contributed by atoms with E-state index in [1.165, 1.54) is 22.7 Å². The van der Waals surface area contributed by atoms with E-state index in [9.17, 15) is 4.79 Å². The van der Waals surface area contributed by atoms with E-state index < -0.39 is 0 Å². The molecular formula is C17H11ClN4O2S2. The number of nitrogens with one attached hydrogen (secondary N) is 1. The van der Waals surface area contributed by atoms with Gasteiger partial charge in [0.1, 0.15) is 4.88 Å². The van der Waals surface area contributed by atoms with Crippen LogP contribution in [0.5, 0.6) is 0 Å². The average molecular weight is 403 g/mol. The number of amides is 1. The Morgan fingerprint density at radius 1 is 1.23 bits per heavy atom. The average Bonchev–Trinajstić information content (AvgIpc) is 3.34. The van der Waals surface area contributed by atoms with E-state index in [0.717, 1.165) is 9.75 Å². The number of halogens is 1. The van der Waals surface area contributed by atoms with Crippen LogP contribution in [0.4, 0.5) is 5.13 Å². The molecule has 0 atom stereocenters. The largest absolute Gasteiger partial charge is 0.333 e. The number of anilines is 1. The standard InChI is InChI=1S/C17H11ClN4O2S2/c1-9-13(16-20-14(22-24-16)12-6-3-7-25-12)26-17(19-9)21-15(23)10-4-2-5-11(18)8-10/h2-8H,1H3,(H,19,21,23). The summed E-state index contributed by atoms with van der Waals surface area (Å²) in [6.07, 6.45) is 0. The maximum Gasteiger partial charge on any atom is 0.270 e. The minimum atomic E-state index is -0.280. The van der Waals surface area contributed by atoms with Gasteiger partial charge in [-0.15, -0.1) is 11.3 Å². The summed E-state index contributed by atoms with van der Waals surface area (Å²) < 4.78 is 5.36. The first-order valence-electron chi connectivity index (χ1n) is 7.52. The number of carbonyl (C=O) groups is 1. The number of aromatic nitrogens is 3. The summed E-state index contributed by atoms with van der Waals surface area (Å²) in [6.45, 7) is 1.83. The lowest BCUT2D eigenvalue weighted by molar-refractivity contribution is 0.102. The van der Waals surface area contributed by atoms with Gasteiger partial charge in [0, 0.05) is 10.6 Å². The number of hydrogen-bond acceptors (Lipinski definition) is 7. The molecule has 0 aliphatic carbocycles. The van der Waals surface area contributed by atoms with Gasteiger partial charge in [0.2, 0.25) is 5.82 Å². The summed E-state index contributed by atoms with van der Waals surface area (Å²) in [4.78, 5) is 22.8. The molecule has 130 valence electrons. The Hall–Kier alpha value is -2.55. The molecule has 0 aliphatic heterocycles. The van der Waals surface area contributed by atoms with Crippen LogP contribution in [0.2, 0.25) is 5.02 Å². The number of carbonyl (C=O) groups excluding carboxylic acids is 1. The predicted molar refractivity (Wildman–Crippen MR) is 103 cm³/mol. The van der Waals surface area contributed by atoms with Crippen molar-refractivity contribution >= 4 is 45.3 Å². The smallest absolute Gasteiger partial charge is 0.270 e. The molecule has 1 N–H and O–H groups in total. The number of thiazole rings is 1. The Morgan fingerprint density at radius 3 is 2.88 bits per heavy atom. The molecular weight excluding hydrogens is 392 g/mol. The van der Waals surface area contributed by atoms with Gasteiger partial charge < -0.3 is 4.52 Å². The Balaban J connectivity index is 1.57. The normalized spacial score (nSPS) is 10.8. The first kappa shape index (κ1) is 16.9. The zero-order chi connectivity index (χ0) is 18.1. The van der Waals surface area contributed by atoms with Crippen LogP contribution in [0.3, 0.4) is 0 Å². The van der Waals surface area contributed by atoms with Crippen molar-refractivity contribution in [2.75, 3.05) is 5.32 Å². The fraction of sp³-hybridized carbons (Fsp3) is 0.0588. The van der Waals surface area contributed by atoms with Gasteiger partial charge in [-0.1, -0.05) is 40.2 Å². The van der Waals surface area contributed by atoms with Crippen LogP contribution in [0.1, 0.15) is 16.1 Å². The van der Waals surface area contributed by atoms with E-state index in [1.807, 2.05) is 24.4 Å².